The fourth-order valence-electron chi connectivity index (χ4n) is 1.32. The molecule has 0 saturated carbocycles. The van der Waals surface area contributed by atoms with Crippen LogP contribution in [0.5, 0.6) is 0 Å². The maximum absolute atomic E-state index is 12.5. The molecule has 1 aromatic rings. The van der Waals surface area contributed by atoms with E-state index in [1.54, 1.807) is 0 Å². The summed E-state index contributed by atoms with van der Waals surface area (Å²) in [5.41, 5.74) is 4.89. The van der Waals surface area contributed by atoms with Crippen molar-refractivity contribution in [1.29, 1.82) is 0 Å². The highest BCUT2D eigenvalue weighted by atomic mass is 19.4. The van der Waals surface area contributed by atoms with E-state index in [9.17, 15) is 13.2 Å². The molecule has 0 amide bonds. The summed E-state index contributed by atoms with van der Waals surface area (Å²) in [6, 6.07) is 4.43. The number of terminal acetylenes is 1. The van der Waals surface area contributed by atoms with E-state index in [1.807, 2.05) is 0 Å². The Labute approximate surface area is 86.1 Å². The highest BCUT2D eigenvalue weighted by Gasteiger charge is 2.33. The highest BCUT2D eigenvalue weighted by Crippen LogP contribution is 2.34. The Bertz CT molecular complexity index is 376. The minimum atomic E-state index is -4.39. The lowest BCUT2D eigenvalue weighted by molar-refractivity contribution is -0.138. The molecule has 80 valence electrons. The molecule has 0 aliphatic heterocycles. The van der Waals surface area contributed by atoms with E-state index in [2.05, 4.69) is 5.92 Å². The Kier molecular flexibility index (Phi) is 3.38. The van der Waals surface area contributed by atoms with Gasteiger partial charge in [0.25, 0.3) is 0 Å². The van der Waals surface area contributed by atoms with Crippen LogP contribution in [0.4, 0.5) is 13.2 Å². The molecule has 0 aromatic heterocycles. The molecule has 0 saturated heterocycles. The van der Waals surface area contributed by atoms with Gasteiger partial charge in [0.2, 0.25) is 0 Å². The van der Waals surface area contributed by atoms with Crippen LogP contribution in [0.25, 0.3) is 0 Å². The van der Waals surface area contributed by atoms with Gasteiger partial charge in [0.05, 0.1) is 5.56 Å². The number of alkyl halides is 3. The van der Waals surface area contributed by atoms with E-state index in [0.29, 0.717) is 0 Å². The third-order valence-corrected chi connectivity index (χ3v) is 2.00. The lowest BCUT2D eigenvalue weighted by Crippen LogP contribution is -2.16. The maximum atomic E-state index is 12.5. The average Bonchev–Trinajstić information content (AvgIpc) is 2.17. The summed E-state index contributed by atoms with van der Waals surface area (Å²) in [6.45, 7) is 0. The first kappa shape index (κ1) is 11.6. The van der Waals surface area contributed by atoms with Crippen molar-refractivity contribution in [3.8, 4) is 12.3 Å². The van der Waals surface area contributed by atoms with E-state index < -0.39 is 17.8 Å². The third kappa shape index (κ3) is 2.74. The van der Waals surface area contributed by atoms with Gasteiger partial charge in [-0.2, -0.15) is 13.2 Å². The van der Waals surface area contributed by atoms with E-state index >= 15 is 0 Å². The van der Waals surface area contributed by atoms with Gasteiger partial charge in [-0.3, -0.25) is 0 Å². The van der Waals surface area contributed by atoms with Gasteiger partial charge in [-0.05, 0) is 11.6 Å². The van der Waals surface area contributed by atoms with Gasteiger partial charge in [0.15, 0.2) is 0 Å². The Morgan fingerprint density at radius 3 is 2.47 bits per heavy atom. The van der Waals surface area contributed by atoms with Crippen molar-refractivity contribution in [2.75, 3.05) is 0 Å². The molecule has 2 N–H and O–H groups in total. The molecule has 1 aromatic carbocycles. The van der Waals surface area contributed by atoms with Gasteiger partial charge >= 0.3 is 6.18 Å². The smallest absolute Gasteiger partial charge is 0.323 e. The lowest BCUT2D eigenvalue weighted by atomic mass is 9.98. The predicted molar refractivity (Wildman–Crippen MR) is 51.8 cm³/mol. The Hall–Kier alpha value is -1.47. The van der Waals surface area contributed by atoms with Gasteiger partial charge in [0.1, 0.15) is 0 Å². The highest BCUT2D eigenvalue weighted by molar-refractivity contribution is 5.32. The molecule has 0 radical (unpaired) electrons. The number of hydrogen-bond acceptors (Lipinski definition) is 1. The number of benzene rings is 1. The van der Waals surface area contributed by atoms with Crippen molar-refractivity contribution in [2.45, 2.75) is 18.6 Å². The standard InChI is InChI=1S/C11H10F3N/c1-2-5-10(15)8-6-3-4-7-9(8)11(12,13)14/h1,3-4,6-7,10H,5,15H2. The molecule has 1 nitrogen and oxygen atoms in total. The lowest BCUT2D eigenvalue weighted by Gasteiger charge is -2.16. The second-order valence-corrected chi connectivity index (χ2v) is 3.10. The van der Waals surface area contributed by atoms with Crippen LogP contribution in [-0.2, 0) is 6.18 Å². The van der Waals surface area contributed by atoms with Crippen LogP contribution in [0, 0.1) is 12.3 Å². The molecular weight excluding hydrogens is 203 g/mol. The Morgan fingerprint density at radius 2 is 1.93 bits per heavy atom. The molecule has 1 unspecified atom stereocenters. The first-order valence-corrected chi connectivity index (χ1v) is 4.32. The maximum Gasteiger partial charge on any atom is 0.416 e. The monoisotopic (exact) mass is 213 g/mol. The Morgan fingerprint density at radius 1 is 1.33 bits per heavy atom. The van der Waals surface area contributed by atoms with Crippen LogP contribution in [0.1, 0.15) is 23.6 Å². The zero-order chi connectivity index (χ0) is 11.5. The SMILES string of the molecule is C#CCC(N)c1ccccc1C(F)(F)F. The van der Waals surface area contributed by atoms with E-state index in [4.69, 9.17) is 12.2 Å². The summed E-state index contributed by atoms with van der Waals surface area (Å²) in [5.74, 6) is 2.25. The molecule has 4 heteroatoms. The predicted octanol–water partition coefficient (Wildman–Crippen LogP) is 2.73. The molecule has 0 heterocycles. The number of halogens is 3. The number of nitrogens with two attached hydrogens (primary N) is 1. The molecule has 0 bridgehead atoms. The van der Waals surface area contributed by atoms with Gasteiger partial charge in [-0.25, -0.2) is 0 Å². The molecule has 15 heavy (non-hydrogen) atoms. The van der Waals surface area contributed by atoms with E-state index in [-0.39, 0.29) is 12.0 Å². The molecule has 0 aliphatic carbocycles. The average molecular weight is 213 g/mol. The van der Waals surface area contributed by atoms with Crippen LogP contribution in [0.2, 0.25) is 0 Å². The normalized spacial score (nSPS) is 13.3. The van der Waals surface area contributed by atoms with Gasteiger partial charge < -0.3 is 5.73 Å². The molecule has 0 spiro atoms. The van der Waals surface area contributed by atoms with Crippen molar-refractivity contribution in [3.63, 3.8) is 0 Å². The Balaban J connectivity index is 3.13. The van der Waals surface area contributed by atoms with Crippen molar-refractivity contribution >= 4 is 0 Å². The quantitative estimate of drug-likeness (QED) is 0.751. The van der Waals surface area contributed by atoms with Crippen LogP contribution in [0.3, 0.4) is 0 Å². The van der Waals surface area contributed by atoms with Crippen LogP contribution < -0.4 is 5.73 Å². The summed E-state index contributed by atoms with van der Waals surface area (Å²) in [4.78, 5) is 0. The zero-order valence-corrected chi connectivity index (χ0v) is 7.88. The topological polar surface area (TPSA) is 26.0 Å². The zero-order valence-electron chi connectivity index (χ0n) is 7.88. The minimum Gasteiger partial charge on any atom is -0.323 e. The fourth-order valence-corrected chi connectivity index (χ4v) is 1.32. The molecule has 1 rings (SSSR count). The van der Waals surface area contributed by atoms with Crippen molar-refractivity contribution in [2.24, 2.45) is 5.73 Å². The second kappa shape index (κ2) is 4.37. The van der Waals surface area contributed by atoms with E-state index in [0.717, 1.165) is 6.07 Å². The van der Waals surface area contributed by atoms with Crippen LogP contribution in [-0.4, -0.2) is 0 Å². The fraction of sp³-hybridized carbons (Fsp3) is 0.273. The third-order valence-electron chi connectivity index (χ3n) is 2.00. The summed E-state index contributed by atoms with van der Waals surface area (Å²) < 4.78 is 37.6. The first-order chi connectivity index (χ1) is 6.96. The number of hydrogen-bond donors (Lipinski definition) is 1. The second-order valence-electron chi connectivity index (χ2n) is 3.10. The summed E-state index contributed by atoms with van der Waals surface area (Å²) in [7, 11) is 0. The van der Waals surface area contributed by atoms with Crippen molar-refractivity contribution < 1.29 is 13.2 Å². The molecular formula is C11H10F3N. The van der Waals surface area contributed by atoms with Gasteiger partial charge in [-0.15, -0.1) is 12.3 Å². The molecule has 1 atom stereocenters. The molecule has 0 aliphatic rings. The summed E-state index contributed by atoms with van der Waals surface area (Å²) in [5, 5.41) is 0. The first-order valence-electron chi connectivity index (χ1n) is 4.32. The van der Waals surface area contributed by atoms with Crippen molar-refractivity contribution in [3.05, 3.63) is 35.4 Å². The largest absolute Gasteiger partial charge is 0.416 e. The van der Waals surface area contributed by atoms with Gasteiger partial charge in [-0.1, -0.05) is 18.2 Å². The van der Waals surface area contributed by atoms with E-state index in [1.165, 1.54) is 18.2 Å². The minimum absolute atomic E-state index is 0.0444. The van der Waals surface area contributed by atoms with Gasteiger partial charge in [0, 0.05) is 12.5 Å². The molecule has 0 fully saturated rings. The summed E-state index contributed by atoms with van der Waals surface area (Å²) in [6.07, 6.45) is 0.719. The van der Waals surface area contributed by atoms with Crippen LogP contribution in [0.15, 0.2) is 24.3 Å². The number of rotatable bonds is 2. The van der Waals surface area contributed by atoms with Crippen molar-refractivity contribution in [1.82, 2.24) is 0 Å². The summed E-state index contributed by atoms with van der Waals surface area (Å²) >= 11 is 0. The van der Waals surface area contributed by atoms with Crippen LogP contribution >= 0.6 is 0 Å².